The lowest BCUT2D eigenvalue weighted by molar-refractivity contribution is -0.870. The normalized spacial score (nSPS) is 13.5. The summed E-state index contributed by atoms with van der Waals surface area (Å²) in [6, 6.07) is 0. The van der Waals surface area contributed by atoms with Crippen LogP contribution in [0.1, 0.15) is 239 Å². The maximum absolute atomic E-state index is 12.7. The van der Waals surface area contributed by atoms with Gasteiger partial charge in [0.2, 0.25) is 0 Å². The summed E-state index contributed by atoms with van der Waals surface area (Å²) < 4.78 is 34.0. The molecular formula is C49H96NO8P. The lowest BCUT2D eigenvalue weighted by Crippen LogP contribution is -2.37. The topological polar surface area (TPSA) is 111 Å². The molecule has 0 aromatic heterocycles. The summed E-state index contributed by atoms with van der Waals surface area (Å²) in [5.41, 5.74) is 0. The van der Waals surface area contributed by atoms with Crippen LogP contribution in [0.4, 0.5) is 0 Å². The molecule has 0 spiro atoms. The Morgan fingerprint density at radius 3 is 1.27 bits per heavy atom. The maximum atomic E-state index is 12.7. The summed E-state index contributed by atoms with van der Waals surface area (Å²) in [4.78, 5) is 37.6. The lowest BCUT2D eigenvalue weighted by atomic mass is 10.0. The summed E-state index contributed by atoms with van der Waals surface area (Å²) in [5, 5.41) is 0. The highest BCUT2D eigenvalue weighted by Crippen LogP contribution is 2.38. The van der Waals surface area contributed by atoms with Gasteiger partial charge in [0, 0.05) is 12.8 Å². The predicted octanol–water partition coefficient (Wildman–Crippen LogP) is 13.9. The Hall–Kier alpha value is -1.25. The number of phosphoric ester groups is 1. The number of ether oxygens (including phenoxy) is 2. The van der Waals surface area contributed by atoms with Gasteiger partial charge in [0.05, 0.1) is 27.7 Å². The van der Waals surface area contributed by atoms with Crippen LogP contribution in [0, 0.1) is 0 Å². The Balaban J connectivity index is 4.19. The summed E-state index contributed by atoms with van der Waals surface area (Å²) in [6.07, 6.45) is 45.3. The van der Waals surface area contributed by atoms with Crippen LogP contribution in [0.5, 0.6) is 0 Å². The first-order chi connectivity index (χ1) is 28.5. The van der Waals surface area contributed by atoms with Crippen molar-refractivity contribution < 1.29 is 42.1 Å². The van der Waals surface area contributed by atoms with Crippen molar-refractivity contribution in [1.29, 1.82) is 0 Å². The van der Waals surface area contributed by atoms with Gasteiger partial charge in [-0.1, -0.05) is 199 Å². The van der Waals surface area contributed by atoms with E-state index < -0.39 is 26.5 Å². The monoisotopic (exact) mass is 858 g/mol. The second-order valence-electron chi connectivity index (χ2n) is 18.2. The van der Waals surface area contributed by atoms with Crippen LogP contribution < -0.4 is 4.89 Å². The first-order valence-electron chi connectivity index (χ1n) is 24.9. The summed E-state index contributed by atoms with van der Waals surface area (Å²) >= 11 is 0. The molecule has 0 bridgehead atoms. The molecule has 0 heterocycles. The molecule has 0 saturated carbocycles. The molecule has 0 aliphatic heterocycles. The largest absolute Gasteiger partial charge is 0.756 e. The number of allylic oxidation sites excluding steroid dienone is 2. The Morgan fingerprint density at radius 2 is 0.864 bits per heavy atom. The maximum Gasteiger partial charge on any atom is 0.306 e. The van der Waals surface area contributed by atoms with Gasteiger partial charge in [-0.25, -0.2) is 0 Å². The number of likely N-dealkylation sites (N-methyl/N-ethyl adjacent to an activating group) is 1. The van der Waals surface area contributed by atoms with Crippen LogP contribution >= 0.6 is 7.82 Å². The molecule has 0 aliphatic carbocycles. The number of carbonyl (C=O) groups is 2. The van der Waals surface area contributed by atoms with Gasteiger partial charge in [0.25, 0.3) is 7.82 Å². The fourth-order valence-corrected chi connectivity index (χ4v) is 7.85. The minimum atomic E-state index is -4.62. The number of phosphoric acid groups is 1. The highest BCUT2D eigenvalue weighted by molar-refractivity contribution is 7.45. The Kier molecular flexibility index (Phi) is 41.2. The Labute approximate surface area is 365 Å². The highest BCUT2D eigenvalue weighted by atomic mass is 31.2. The molecule has 0 N–H and O–H groups in total. The number of esters is 2. The van der Waals surface area contributed by atoms with Crippen LogP contribution in [-0.4, -0.2) is 70.0 Å². The van der Waals surface area contributed by atoms with E-state index in [1.165, 1.54) is 154 Å². The van der Waals surface area contributed by atoms with Gasteiger partial charge in [-0.3, -0.25) is 14.2 Å². The van der Waals surface area contributed by atoms with Crippen molar-refractivity contribution >= 4 is 19.8 Å². The second-order valence-corrected chi connectivity index (χ2v) is 19.6. The van der Waals surface area contributed by atoms with Crippen LogP contribution in [0.25, 0.3) is 0 Å². The molecule has 0 fully saturated rings. The molecule has 9 nitrogen and oxygen atoms in total. The van der Waals surface area contributed by atoms with E-state index in [9.17, 15) is 19.0 Å². The van der Waals surface area contributed by atoms with Crippen molar-refractivity contribution in [2.75, 3.05) is 47.5 Å². The Morgan fingerprint density at radius 1 is 0.508 bits per heavy atom. The van der Waals surface area contributed by atoms with Crippen LogP contribution in [0.3, 0.4) is 0 Å². The fourth-order valence-electron chi connectivity index (χ4n) is 7.12. The molecular weight excluding hydrogens is 762 g/mol. The summed E-state index contributed by atoms with van der Waals surface area (Å²) in [7, 11) is 1.17. The van der Waals surface area contributed by atoms with Crippen molar-refractivity contribution in [3.05, 3.63) is 12.2 Å². The van der Waals surface area contributed by atoms with E-state index in [-0.39, 0.29) is 32.0 Å². The van der Waals surface area contributed by atoms with Gasteiger partial charge in [0.15, 0.2) is 6.10 Å². The smallest absolute Gasteiger partial charge is 0.306 e. The number of rotatable bonds is 46. The number of hydrogen-bond acceptors (Lipinski definition) is 8. The zero-order valence-electron chi connectivity index (χ0n) is 39.5. The van der Waals surface area contributed by atoms with Gasteiger partial charge in [-0.05, 0) is 38.5 Å². The zero-order valence-corrected chi connectivity index (χ0v) is 40.4. The average molecular weight is 858 g/mol. The number of hydrogen-bond donors (Lipinski definition) is 0. The van der Waals surface area contributed by atoms with Crippen molar-refractivity contribution in [2.24, 2.45) is 0 Å². The van der Waals surface area contributed by atoms with Gasteiger partial charge < -0.3 is 27.9 Å². The van der Waals surface area contributed by atoms with E-state index in [1.54, 1.807) is 0 Å². The molecule has 0 radical (unpaired) electrons. The van der Waals surface area contributed by atoms with E-state index >= 15 is 0 Å². The minimum absolute atomic E-state index is 0.0287. The van der Waals surface area contributed by atoms with Gasteiger partial charge >= 0.3 is 11.9 Å². The van der Waals surface area contributed by atoms with Crippen LogP contribution in [0.15, 0.2) is 12.2 Å². The molecule has 0 rings (SSSR count). The van der Waals surface area contributed by atoms with Crippen molar-refractivity contribution in [2.45, 2.75) is 245 Å². The third kappa shape index (κ3) is 46.1. The zero-order chi connectivity index (χ0) is 43.6. The summed E-state index contributed by atoms with van der Waals surface area (Å²) in [6.45, 7) is 4.24. The van der Waals surface area contributed by atoms with E-state index in [0.29, 0.717) is 17.4 Å². The lowest BCUT2D eigenvalue weighted by Gasteiger charge is -2.28. The number of carbonyl (C=O) groups excluding carboxylic acids is 2. The standard InChI is InChI=1S/C49H96NO8P/c1-6-8-10-12-14-16-18-20-21-22-23-24-25-26-27-28-30-32-34-36-38-40-42-49(52)58-47(46-57-59(53,54)56-44-43-50(3,4)5)45-55-48(51)41-39-37-35-33-31-29-19-17-15-13-11-9-7-2/h17,19,47H,6-16,18,20-46H2,1-5H3/b19-17+/t47-/m1/s1. The molecule has 1 unspecified atom stereocenters. The third-order valence-corrected chi connectivity index (χ3v) is 12.0. The molecule has 0 aliphatic rings. The molecule has 2 atom stereocenters. The number of quaternary nitrogens is 1. The predicted molar refractivity (Wildman–Crippen MR) is 245 cm³/mol. The quantitative estimate of drug-likeness (QED) is 0.0196. The molecule has 0 aromatic carbocycles. The van der Waals surface area contributed by atoms with E-state index in [4.69, 9.17) is 18.5 Å². The average Bonchev–Trinajstić information content (AvgIpc) is 3.19. The van der Waals surface area contributed by atoms with E-state index in [0.717, 1.165) is 51.4 Å². The Bertz CT molecular complexity index is 1020. The minimum Gasteiger partial charge on any atom is -0.756 e. The first-order valence-corrected chi connectivity index (χ1v) is 26.4. The fraction of sp³-hybridized carbons (Fsp3) is 0.918. The SMILES string of the molecule is CCCCCC/C=C/CCCCCCCC(=O)OC[C@H](COP(=O)([O-])OCC[N+](C)(C)C)OC(=O)CCCCCCCCCCCCCCCCCCCCCCCC. The molecule has 59 heavy (non-hydrogen) atoms. The third-order valence-electron chi connectivity index (χ3n) is 11.0. The summed E-state index contributed by atoms with van der Waals surface area (Å²) in [5.74, 6) is -0.832. The molecule has 0 saturated heterocycles. The van der Waals surface area contributed by atoms with Crippen LogP contribution in [0.2, 0.25) is 0 Å². The molecule has 0 amide bonds. The molecule has 10 heteroatoms. The van der Waals surface area contributed by atoms with Gasteiger partial charge in [0.1, 0.15) is 19.8 Å². The molecule has 350 valence electrons. The second kappa shape index (κ2) is 42.1. The van der Waals surface area contributed by atoms with Gasteiger partial charge in [-0.15, -0.1) is 0 Å². The van der Waals surface area contributed by atoms with Crippen molar-refractivity contribution in [3.63, 3.8) is 0 Å². The van der Waals surface area contributed by atoms with Gasteiger partial charge in [-0.2, -0.15) is 0 Å². The van der Waals surface area contributed by atoms with Crippen LogP contribution in [-0.2, 0) is 32.7 Å². The van der Waals surface area contributed by atoms with Crippen molar-refractivity contribution in [1.82, 2.24) is 0 Å². The highest BCUT2D eigenvalue weighted by Gasteiger charge is 2.21. The first kappa shape index (κ1) is 57.8. The van der Waals surface area contributed by atoms with E-state index in [1.807, 2.05) is 21.1 Å². The number of nitrogens with zero attached hydrogens (tertiary/aromatic N) is 1. The molecule has 0 aromatic rings. The van der Waals surface area contributed by atoms with Crippen molar-refractivity contribution in [3.8, 4) is 0 Å². The van der Waals surface area contributed by atoms with E-state index in [2.05, 4.69) is 26.0 Å². The number of unbranched alkanes of at least 4 members (excludes halogenated alkanes) is 30.